The van der Waals surface area contributed by atoms with E-state index >= 15 is 0 Å². The fraction of sp³-hybridized carbons (Fsp3) is 0.750. The lowest BCUT2D eigenvalue weighted by molar-refractivity contribution is -0.148. The number of rotatable bonds is 2. The zero-order valence-corrected chi connectivity index (χ0v) is 18.8. The van der Waals surface area contributed by atoms with Gasteiger partial charge in [-0.25, -0.2) is 0 Å². The molecule has 6 heteroatoms. The second-order valence-electron chi connectivity index (χ2n) is 10.1. The summed E-state index contributed by atoms with van der Waals surface area (Å²) in [5.41, 5.74) is 0.834. The molecule has 0 aromatic carbocycles. The van der Waals surface area contributed by atoms with E-state index in [1.54, 1.807) is 0 Å². The number of nitrogens with one attached hydrogen (secondary N) is 1. The van der Waals surface area contributed by atoms with Crippen LogP contribution < -0.4 is 5.32 Å². The van der Waals surface area contributed by atoms with Crippen LogP contribution >= 0.6 is 0 Å². The van der Waals surface area contributed by atoms with Crippen molar-refractivity contribution in [3.8, 4) is 0 Å². The molecule has 1 spiro atoms. The Labute approximate surface area is 179 Å². The minimum Gasteiger partial charge on any atom is -0.390 e. The van der Waals surface area contributed by atoms with Gasteiger partial charge in [0.25, 0.3) is 0 Å². The van der Waals surface area contributed by atoms with Crippen LogP contribution in [0.5, 0.6) is 0 Å². The molecule has 0 bridgehead atoms. The van der Waals surface area contributed by atoms with Crippen LogP contribution in [-0.4, -0.2) is 51.4 Å². The Balaban J connectivity index is 2.18. The second kappa shape index (κ2) is 8.56. The Bertz CT molecular complexity index is 757. The molecule has 30 heavy (non-hydrogen) atoms. The summed E-state index contributed by atoms with van der Waals surface area (Å²) in [6, 6.07) is -0.117. The van der Waals surface area contributed by atoms with Crippen molar-refractivity contribution < 1.29 is 24.9 Å². The molecule has 1 amide bonds. The lowest BCUT2D eigenvalue weighted by atomic mass is 9.54. The SMILES string of the molecule is CC1=C[C@@H]2/C=C(\C)CC[C@@H](O)[C@@H](O)[C@H](O)CC(=O)[C@]23C(=O)N[C@@H](CC(C)C)[C@@H]3[C@@H]1C. The number of amides is 1. The molecule has 0 aromatic rings. The molecule has 0 radical (unpaired) electrons. The van der Waals surface area contributed by atoms with Crippen molar-refractivity contribution in [3.05, 3.63) is 23.3 Å². The van der Waals surface area contributed by atoms with Gasteiger partial charge in [0.1, 0.15) is 11.5 Å². The summed E-state index contributed by atoms with van der Waals surface area (Å²) >= 11 is 0. The number of hydrogen-bond donors (Lipinski definition) is 4. The highest BCUT2D eigenvalue weighted by atomic mass is 16.4. The molecule has 0 saturated carbocycles. The van der Waals surface area contributed by atoms with Gasteiger partial charge in [0.15, 0.2) is 5.78 Å². The van der Waals surface area contributed by atoms with Crippen LogP contribution in [-0.2, 0) is 9.59 Å². The van der Waals surface area contributed by atoms with Gasteiger partial charge in [-0.05, 0) is 44.9 Å². The van der Waals surface area contributed by atoms with E-state index in [1.165, 1.54) is 5.57 Å². The maximum Gasteiger partial charge on any atom is 0.235 e. The summed E-state index contributed by atoms with van der Waals surface area (Å²) in [5, 5.41) is 34.3. The van der Waals surface area contributed by atoms with Crippen molar-refractivity contribution in [2.45, 2.75) is 84.7 Å². The van der Waals surface area contributed by atoms with E-state index in [0.29, 0.717) is 18.8 Å². The summed E-state index contributed by atoms with van der Waals surface area (Å²) in [7, 11) is 0. The number of ketones is 1. The summed E-state index contributed by atoms with van der Waals surface area (Å²) in [4.78, 5) is 27.3. The van der Waals surface area contributed by atoms with Crippen molar-refractivity contribution in [2.24, 2.45) is 29.1 Å². The first kappa shape index (κ1) is 23.2. The molecule has 4 N–H and O–H groups in total. The van der Waals surface area contributed by atoms with Gasteiger partial charge in [0.05, 0.1) is 12.2 Å². The predicted molar refractivity (Wildman–Crippen MR) is 114 cm³/mol. The van der Waals surface area contributed by atoms with Crippen LogP contribution in [0.1, 0.15) is 60.3 Å². The molecule has 3 aliphatic rings. The first-order valence-corrected chi connectivity index (χ1v) is 11.2. The summed E-state index contributed by atoms with van der Waals surface area (Å²) in [6.45, 7) is 10.3. The molecule has 168 valence electrons. The average molecular weight is 420 g/mol. The van der Waals surface area contributed by atoms with E-state index in [2.05, 4.69) is 33.0 Å². The van der Waals surface area contributed by atoms with E-state index in [0.717, 1.165) is 12.0 Å². The lowest BCUT2D eigenvalue weighted by Crippen LogP contribution is -2.53. The van der Waals surface area contributed by atoms with Crippen molar-refractivity contribution >= 4 is 11.7 Å². The fourth-order valence-corrected chi connectivity index (χ4v) is 5.88. The molecule has 1 aliphatic heterocycles. The van der Waals surface area contributed by atoms with Crippen LogP contribution in [0.4, 0.5) is 0 Å². The zero-order chi connectivity index (χ0) is 22.4. The van der Waals surface area contributed by atoms with E-state index in [9.17, 15) is 24.9 Å². The van der Waals surface area contributed by atoms with Crippen LogP contribution in [0.15, 0.2) is 23.3 Å². The zero-order valence-electron chi connectivity index (χ0n) is 18.8. The van der Waals surface area contributed by atoms with Crippen molar-refractivity contribution in [1.82, 2.24) is 5.32 Å². The Morgan fingerprint density at radius 3 is 2.43 bits per heavy atom. The van der Waals surface area contributed by atoms with E-state index in [1.807, 2.05) is 19.1 Å². The lowest BCUT2D eigenvalue weighted by Gasteiger charge is -2.45. The van der Waals surface area contributed by atoms with E-state index in [4.69, 9.17) is 0 Å². The molecule has 6 nitrogen and oxygen atoms in total. The minimum atomic E-state index is -1.41. The highest BCUT2D eigenvalue weighted by Crippen LogP contribution is 2.55. The Kier molecular flexibility index (Phi) is 6.61. The molecule has 0 unspecified atom stereocenters. The summed E-state index contributed by atoms with van der Waals surface area (Å²) in [6.07, 6.45) is 1.35. The van der Waals surface area contributed by atoms with Crippen LogP contribution in [0.25, 0.3) is 0 Å². The normalized spacial score (nSPS) is 44.4. The van der Waals surface area contributed by atoms with Gasteiger partial charge in [-0.15, -0.1) is 0 Å². The molecule has 3 rings (SSSR count). The standard InChI is InChI=1S/C24H37NO5/c1-12(2)8-17-21-15(5)14(4)10-16-9-13(3)6-7-18(26)22(29)19(27)11-20(28)24(16,21)23(30)25-17/h9-10,12,15-19,21-22,26-27,29H,6-8,11H2,1-5H3,(H,25,30)/b13-9+/t15-,16+,17+,18-,19-,21+,22-,24-/m1/s1. The Morgan fingerprint density at radius 1 is 1.13 bits per heavy atom. The van der Waals surface area contributed by atoms with E-state index in [-0.39, 0.29) is 36.0 Å². The Morgan fingerprint density at radius 2 is 1.80 bits per heavy atom. The number of allylic oxidation sites excluding steroid dienone is 4. The fourth-order valence-electron chi connectivity index (χ4n) is 5.88. The van der Waals surface area contributed by atoms with Crippen molar-refractivity contribution in [1.29, 1.82) is 0 Å². The number of Topliss-reactive ketones (excluding diaryl/α,β-unsaturated/α-hetero) is 1. The van der Waals surface area contributed by atoms with Crippen molar-refractivity contribution in [3.63, 3.8) is 0 Å². The highest BCUT2D eigenvalue weighted by Gasteiger charge is 2.65. The molecule has 1 saturated heterocycles. The predicted octanol–water partition coefficient (Wildman–Crippen LogP) is 2.13. The first-order valence-electron chi connectivity index (χ1n) is 11.2. The first-order chi connectivity index (χ1) is 14.0. The van der Waals surface area contributed by atoms with Gasteiger partial charge in [-0.1, -0.05) is 44.1 Å². The topological polar surface area (TPSA) is 107 Å². The molecule has 1 fully saturated rings. The average Bonchev–Trinajstić information content (AvgIpc) is 2.94. The second-order valence-corrected chi connectivity index (χ2v) is 10.1. The highest BCUT2D eigenvalue weighted by molar-refractivity contribution is 6.09. The van der Waals surface area contributed by atoms with E-state index < -0.39 is 29.6 Å². The maximum absolute atomic E-state index is 13.8. The van der Waals surface area contributed by atoms with Gasteiger partial charge in [0, 0.05) is 24.3 Å². The molecular formula is C24H37NO5. The number of carbonyl (C=O) groups excluding carboxylic acids is 2. The van der Waals surface area contributed by atoms with Crippen molar-refractivity contribution in [2.75, 3.05) is 0 Å². The Hall–Kier alpha value is -1.50. The molecule has 0 aromatic heterocycles. The van der Waals surface area contributed by atoms with Crippen LogP contribution in [0.3, 0.4) is 0 Å². The van der Waals surface area contributed by atoms with Gasteiger partial charge in [-0.2, -0.15) is 0 Å². The van der Waals surface area contributed by atoms with Gasteiger partial charge in [0.2, 0.25) is 5.91 Å². The molecule has 2 aliphatic carbocycles. The maximum atomic E-state index is 13.8. The molecular weight excluding hydrogens is 382 g/mol. The molecule has 8 atom stereocenters. The quantitative estimate of drug-likeness (QED) is 0.405. The van der Waals surface area contributed by atoms with Gasteiger partial charge in [-0.3, -0.25) is 9.59 Å². The van der Waals surface area contributed by atoms with Crippen LogP contribution in [0.2, 0.25) is 0 Å². The largest absolute Gasteiger partial charge is 0.390 e. The van der Waals surface area contributed by atoms with Gasteiger partial charge < -0.3 is 20.6 Å². The summed E-state index contributed by atoms with van der Waals surface area (Å²) in [5.74, 6) is -0.827. The molecule has 1 heterocycles. The third-order valence-electron chi connectivity index (χ3n) is 7.54. The smallest absolute Gasteiger partial charge is 0.235 e. The number of hydrogen-bond acceptors (Lipinski definition) is 5. The van der Waals surface area contributed by atoms with Gasteiger partial charge >= 0.3 is 0 Å². The number of aliphatic hydroxyl groups excluding tert-OH is 3. The number of carbonyl (C=O) groups is 2. The van der Waals surface area contributed by atoms with Crippen LogP contribution in [0, 0.1) is 29.1 Å². The third-order valence-corrected chi connectivity index (χ3v) is 7.54. The minimum absolute atomic E-state index is 0.0411. The monoisotopic (exact) mass is 419 g/mol. The summed E-state index contributed by atoms with van der Waals surface area (Å²) < 4.78 is 0. The number of aliphatic hydroxyl groups is 3. The third kappa shape index (κ3) is 3.78.